The molecule has 216 valence electrons. The topological polar surface area (TPSA) is 119 Å². The fourth-order valence-electron chi connectivity index (χ4n) is 6.82. The summed E-state index contributed by atoms with van der Waals surface area (Å²) in [5.74, 6) is -2.64. The van der Waals surface area contributed by atoms with Crippen LogP contribution in [0.3, 0.4) is 0 Å². The maximum atomic E-state index is 13.6. The lowest BCUT2D eigenvalue weighted by Crippen LogP contribution is -2.70. The second kappa shape index (κ2) is 11.5. The van der Waals surface area contributed by atoms with Crippen molar-refractivity contribution in [2.24, 2.45) is 11.7 Å². The molecule has 40 heavy (non-hydrogen) atoms. The molecule has 1 aliphatic carbocycles. The third kappa shape index (κ3) is 4.98. The molecule has 4 aliphatic rings. The third-order valence-corrected chi connectivity index (χ3v) is 8.75. The molecule has 3 unspecified atom stereocenters. The molecule has 1 amide bonds. The van der Waals surface area contributed by atoms with Crippen LogP contribution in [0.15, 0.2) is 60.7 Å². The van der Waals surface area contributed by atoms with Gasteiger partial charge in [0.1, 0.15) is 12.2 Å². The van der Waals surface area contributed by atoms with Crippen molar-refractivity contribution in [3.63, 3.8) is 0 Å². The first-order chi connectivity index (χ1) is 19.5. The number of carbonyl (C=O) groups is 1. The lowest BCUT2D eigenvalue weighted by molar-refractivity contribution is -0.371. The highest BCUT2D eigenvalue weighted by molar-refractivity contribution is 5.85. The van der Waals surface area contributed by atoms with Gasteiger partial charge in [-0.25, -0.2) is 0 Å². The van der Waals surface area contributed by atoms with E-state index in [1.165, 1.54) is 0 Å². The van der Waals surface area contributed by atoms with Gasteiger partial charge in [-0.3, -0.25) is 4.79 Å². The van der Waals surface area contributed by atoms with Crippen molar-refractivity contribution in [1.82, 2.24) is 0 Å². The van der Waals surface area contributed by atoms with E-state index >= 15 is 0 Å². The first-order valence-corrected chi connectivity index (χ1v) is 14.4. The molecule has 2 aromatic carbocycles. The number of ether oxygens (including phenoxy) is 6. The predicted molar refractivity (Wildman–Crippen MR) is 143 cm³/mol. The molecule has 8 atom stereocenters. The van der Waals surface area contributed by atoms with Crippen LogP contribution in [0.2, 0.25) is 0 Å². The average Bonchev–Trinajstić information content (AvgIpc) is 3.31. The van der Waals surface area contributed by atoms with Crippen LogP contribution in [0, 0.1) is 5.92 Å². The fourth-order valence-corrected chi connectivity index (χ4v) is 6.82. The van der Waals surface area contributed by atoms with Gasteiger partial charge in [-0.15, -0.1) is 0 Å². The third-order valence-electron chi connectivity index (χ3n) is 8.75. The second-order valence-electron chi connectivity index (χ2n) is 11.3. The Morgan fingerprint density at radius 2 is 1.73 bits per heavy atom. The Hall–Kier alpha value is -2.37. The minimum absolute atomic E-state index is 0.182. The highest BCUT2D eigenvalue weighted by atomic mass is 16.8. The van der Waals surface area contributed by atoms with Gasteiger partial charge in [0.15, 0.2) is 24.0 Å². The number of benzene rings is 2. The quantitative estimate of drug-likeness (QED) is 0.533. The number of fused-ring (bicyclic) bond motifs is 1. The van der Waals surface area contributed by atoms with Crippen LogP contribution in [-0.2, 0) is 39.8 Å². The van der Waals surface area contributed by atoms with Crippen molar-refractivity contribution in [2.75, 3.05) is 6.61 Å². The summed E-state index contributed by atoms with van der Waals surface area (Å²) in [4.78, 5) is 13.6. The molecule has 0 aromatic heterocycles. The summed E-state index contributed by atoms with van der Waals surface area (Å²) >= 11 is 0. The number of aliphatic hydroxyl groups excluding tert-OH is 1. The number of rotatable bonds is 7. The Balaban J connectivity index is 1.36. The summed E-state index contributed by atoms with van der Waals surface area (Å²) in [7, 11) is 0. The molecule has 3 N–H and O–H groups in total. The average molecular weight is 554 g/mol. The van der Waals surface area contributed by atoms with E-state index < -0.39 is 60.2 Å². The van der Waals surface area contributed by atoms with Gasteiger partial charge < -0.3 is 39.3 Å². The number of hydrogen-bond acceptors (Lipinski definition) is 8. The van der Waals surface area contributed by atoms with Crippen LogP contribution in [0.25, 0.3) is 0 Å². The molecule has 3 saturated heterocycles. The van der Waals surface area contributed by atoms with Crippen LogP contribution in [-0.4, -0.2) is 59.7 Å². The van der Waals surface area contributed by atoms with Crippen LogP contribution >= 0.6 is 0 Å². The second-order valence-corrected chi connectivity index (χ2v) is 11.3. The monoisotopic (exact) mass is 553 g/mol. The molecule has 0 bridgehead atoms. The zero-order chi connectivity index (χ0) is 27.7. The largest absolute Gasteiger partial charge is 0.390 e. The lowest BCUT2D eigenvalue weighted by atomic mass is 9.73. The Kier molecular flexibility index (Phi) is 7.98. The molecule has 3 aliphatic heterocycles. The van der Waals surface area contributed by atoms with E-state index in [0.29, 0.717) is 19.3 Å². The van der Waals surface area contributed by atoms with Gasteiger partial charge >= 0.3 is 0 Å². The van der Waals surface area contributed by atoms with E-state index in [4.69, 9.17) is 34.2 Å². The first-order valence-electron chi connectivity index (χ1n) is 14.4. The normalized spacial score (nSPS) is 37.2. The van der Waals surface area contributed by atoms with Gasteiger partial charge in [0.2, 0.25) is 0 Å². The standard InChI is InChI=1S/C31H39NO8/c1-2-23-31(29(32)34,40-30(39-23)16-10-5-11-17-30)24-25(33)26-22(19-36-27(38-26)21-14-8-4-9-15-21)37-28(24)35-18-20-12-6-3-7-13-20/h3-4,6-9,12-15,22-28,33H,2,5,10-11,16-19H2,1H3,(H2,32,34)/t22-,23?,24+,25-,26-,27?,28+,31?/m1/s1. The van der Waals surface area contributed by atoms with Crippen molar-refractivity contribution in [3.05, 3.63) is 71.8 Å². The molecular weight excluding hydrogens is 514 g/mol. The molecule has 4 fully saturated rings. The number of hydrogen-bond donors (Lipinski definition) is 2. The van der Waals surface area contributed by atoms with Crippen LogP contribution in [0.1, 0.15) is 62.9 Å². The minimum atomic E-state index is -1.68. The Bertz CT molecular complexity index is 1140. The van der Waals surface area contributed by atoms with Crippen molar-refractivity contribution >= 4 is 5.91 Å². The zero-order valence-electron chi connectivity index (χ0n) is 22.9. The minimum Gasteiger partial charge on any atom is -0.390 e. The van der Waals surface area contributed by atoms with Crippen LogP contribution in [0.5, 0.6) is 0 Å². The molecule has 9 heteroatoms. The van der Waals surface area contributed by atoms with E-state index in [-0.39, 0.29) is 13.2 Å². The highest BCUT2D eigenvalue weighted by Crippen LogP contribution is 2.53. The molecular formula is C31H39NO8. The predicted octanol–water partition coefficient (Wildman–Crippen LogP) is 3.73. The van der Waals surface area contributed by atoms with Crippen molar-refractivity contribution < 1.29 is 38.3 Å². The molecule has 9 nitrogen and oxygen atoms in total. The lowest BCUT2D eigenvalue weighted by Gasteiger charge is -2.52. The highest BCUT2D eigenvalue weighted by Gasteiger charge is 2.69. The summed E-state index contributed by atoms with van der Waals surface area (Å²) in [6, 6.07) is 19.2. The molecule has 1 spiro atoms. The Morgan fingerprint density at radius 3 is 2.40 bits per heavy atom. The summed E-state index contributed by atoms with van der Waals surface area (Å²) in [5, 5.41) is 12.1. The SMILES string of the molecule is CCC1OC2(CCCCC2)OC1(C(N)=O)[C@@H]1[C@@H](OCc2ccccc2)O[C@@H]2COC(c3ccccc3)O[C@H]2[C@@H]1O. The van der Waals surface area contributed by atoms with Gasteiger partial charge in [0.25, 0.3) is 5.91 Å². The number of nitrogens with two attached hydrogens (primary N) is 1. The zero-order valence-corrected chi connectivity index (χ0v) is 22.9. The smallest absolute Gasteiger partial charge is 0.253 e. The molecule has 6 rings (SSSR count). The Morgan fingerprint density at radius 1 is 1.02 bits per heavy atom. The molecule has 0 radical (unpaired) electrons. The van der Waals surface area contributed by atoms with Crippen molar-refractivity contribution in [1.29, 1.82) is 0 Å². The summed E-state index contributed by atoms with van der Waals surface area (Å²) in [6.45, 7) is 2.32. The summed E-state index contributed by atoms with van der Waals surface area (Å²) < 4.78 is 38.4. The van der Waals surface area contributed by atoms with Gasteiger partial charge in [-0.05, 0) is 24.8 Å². The molecule has 3 heterocycles. The van der Waals surface area contributed by atoms with Gasteiger partial charge in [0.05, 0.1) is 31.3 Å². The first kappa shape index (κ1) is 27.8. The van der Waals surface area contributed by atoms with Gasteiger partial charge in [-0.2, -0.15) is 0 Å². The number of amides is 1. The van der Waals surface area contributed by atoms with E-state index in [9.17, 15) is 9.90 Å². The van der Waals surface area contributed by atoms with Crippen molar-refractivity contribution in [2.45, 2.75) is 100 Å². The van der Waals surface area contributed by atoms with Gasteiger partial charge in [-0.1, -0.05) is 74.0 Å². The summed E-state index contributed by atoms with van der Waals surface area (Å²) in [6.07, 6.45) is -0.345. The number of carbonyl (C=O) groups excluding carboxylic acids is 1. The Labute approximate surface area is 234 Å². The molecule has 2 aromatic rings. The maximum Gasteiger partial charge on any atom is 0.253 e. The fraction of sp³-hybridized carbons (Fsp3) is 0.581. The van der Waals surface area contributed by atoms with E-state index in [0.717, 1.165) is 30.4 Å². The number of aliphatic hydroxyl groups is 1. The van der Waals surface area contributed by atoms with Gasteiger partial charge in [0, 0.05) is 18.4 Å². The molecule has 1 saturated carbocycles. The van der Waals surface area contributed by atoms with Crippen molar-refractivity contribution in [3.8, 4) is 0 Å². The number of primary amides is 1. The maximum absolute atomic E-state index is 13.6. The van der Waals surface area contributed by atoms with E-state index in [1.807, 2.05) is 67.6 Å². The van der Waals surface area contributed by atoms with E-state index in [2.05, 4.69) is 0 Å². The summed E-state index contributed by atoms with van der Waals surface area (Å²) in [5.41, 5.74) is 6.28. The van der Waals surface area contributed by atoms with Crippen LogP contribution < -0.4 is 5.73 Å². The van der Waals surface area contributed by atoms with E-state index in [1.54, 1.807) is 0 Å². The van der Waals surface area contributed by atoms with Crippen LogP contribution in [0.4, 0.5) is 0 Å².